The van der Waals surface area contributed by atoms with Gasteiger partial charge in [0.05, 0.1) is 45.5 Å². The van der Waals surface area contributed by atoms with E-state index in [0.717, 1.165) is 19.3 Å². The topological polar surface area (TPSA) is 172 Å². The number of benzene rings is 1. The number of fused-ring (bicyclic) bond motifs is 3. The highest BCUT2D eigenvalue weighted by Gasteiger charge is 2.38. The third-order valence-corrected chi connectivity index (χ3v) is 9.13. The quantitative estimate of drug-likeness (QED) is 0.246. The van der Waals surface area contributed by atoms with E-state index in [1.807, 2.05) is 20.8 Å². The van der Waals surface area contributed by atoms with Crippen LogP contribution < -0.4 is 21.4 Å². The smallest absolute Gasteiger partial charge is 0.407 e. The summed E-state index contributed by atoms with van der Waals surface area (Å²) in [7, 11) is 0. The van der Waals surface area contributed by atoms with Gasteiger partial charge in [-0.15, -0.1) is 11.3 Å². The van der Waals surface area contributed by atoms with Crippen LogP contribution in [0.3, 0.4) is 0 Å². The largest absolute Gasteiger partial charge is 0.444 e. The van der Waals surface area contributed by atoms with Crippen LogP contribution >= 0.6 is 11.3 Å². The van der Waals surface area contributed by atoms with Crippen LogP contribution in [0, 0.1) is 0 Å². The van der Waals surface area contributed by atoms with Crippen molar-refractivity contribution >= 4 is 40.8 Å². The van der Waals surface area contributed by atoms with Crippen molar-refractivity contribution in [1.29, 1.82) is 0 Å². The molecule has 3 aromatic rings. The second kappa shape index (κ2) is 12.3. The number of carbonyl (C=O) groups excluding carboxylic acids is 4. The summed E-state index contributed by atoms with van der Waals surface area (Å²) in [5.74, 6) is -0.492. The number of hydrazine groups is 1. The summed E-state index contributed by atoms with van der Waals surface area (Å²) in [5, 5.41) is 16.6. The van der Waals surface area contributed by atoms with E-state index in [-0.39, 0.29) is 23.8 Å². The lowest BCUT2D eigenvalue weighted by molar-refractivity contribution is 0.0363. The van der Waals surface area contributed by atoms with Crippen LogP contribution in [0.4, 0.5) is 15.3 Å². The number of morpholine rings is 1. The third-order valence-electron chi connectivity index (χ3n) is 8.03. The molecule has 2 fully saturated rings. The minimum absolute atomic E-state index is 0.0864. The lowest BCUT2D eigenvalue weighted by Crippen LogP contribution is -2.54. The van der Waals surface area contributed by atoms with E-state index in [9.17, 15) is 19.2 Å². The summed E-state index contributed by atoms with van der Waals surface area (Å²) in [4.78, 5) is 53.2. The molecule has 0 spiro atoms. The highest BCUT2D eigenvalue weighted by atomic mass is 32.1. The molecule has 1 aromatic carbocycles. The molecule has 0 bridgehead atoms. The van der Waals surface area contributed by atoms with E-state index in [1.54, 1.807) is 35.3 Å². The number of ether oxygens (including phenoxy) is 2. The molecule has 14 heteroatoms. The normalized spacial score (nSPS) is 19.8. The van der Waals surface area contributed by atoms with Gasteiger partial charge in [-0.2, -0.15) is 5.10 Å². The molecule has 13 nitrogen and oxygen atoms in total. The molecule has 4 amide bonds. The van der Waals surface area contributed by atoms with E-state index >= 15 is 0 Å². The average molecular weight is 636 g/mol. The number of alkyl carbamates (subject to hydrolysis) is 1. The van der Waals surface area contributed by atoms with Crippen LogP contribution in [0.1, 0.15) is 72.0 Å². The number of thiophene rings is 1. The zero-order valence-corrected chi connectivity index (χ0v) is 26.3. The molecule has 2 aliphatic carbocycles. The predicted molar refractivity (Wildman–Crippen MR) is 168 cm³/mol. The Kier molecular flexibility index (Phi) is 8.37. The van der Waals surface area contributed by atoms with Crippen LogP contribution in [0.25, 0.3) is 21.8 Å². The maximum Gasteiger partial charge on any atom is 0.407 e. The average Bonchev–Trinajstić information content (AvgIpc) is 3.70. The number of anilines is 1. The number of H-pyrrole nitrogens is 1. The second-order valence-electron chi connectivity index (χ2n) is 12.4. The number of hydrogen-bond donors (Lipinski definition) is 4. The molecule has 1 saturated heterocycles. The first-order valence-electron chi connectivity index (χ1n) is 15.1. The predicted octanol–water partition coefficient (Wildman–Crippen LogP) is 4.05. The van der Waals surface area contributed by atoms with E-state index in [4.69, 9.17) is 15.2 Å². The Morgan fingerprint density at radius 2 is 1.82 bits per heavy atom. The van der Waals surface area contributed by atoms with Gasteiger partial charge in [-0.25, -0.2) is 19.6 Å². The van der Waals surface area contributed by atoms with Crippen LogP contribution in [-0.4, -0.2) is 83.0 Å². The molecule has 45 heavy (non-hydrogen) atoms. The number of hydrogen-bond acceptors (Lipinski definition) is 9. The van der Waals surface area contributed by atoms with Gasteiger partial charge >= 0.3 is 12.1 Å². The number of amides is 4. The van der Waals surface area contributed by atoms with Gasteiger partial charge in [0.15, 0.2) is 5.78 Å². The maximum atomic E-state index is 14.0. The summed E-state index contributed by atoms with van der Waals surface area (Å²) in [6.45, 7) is 7.25. The fourth-order valence-electron chi connectivity index (χ4n) is 6.16. The molecule has 1 aliphatic heterocycles. The number of carbonyl (C=O) groups is 4. The molecule has 6 rings (SSSR count). The first-order chi connectivity index (χ1) is 21.5. The number of nitrogens with two attached hydrogens (primary N) is 1. The van der Waals surface area contributed by atoms with Crippen LogP contribution in [0.15, 0.2) is 30.3 Å². The fourth-order valence-corrected chi connectivity index (χ4v) is 7.07. The number of nitrogens with zero attached hydrogens (tertiary/aromatic N) is 3. The number of rotatable bonds is 6. The summed E-state index contributed by atoms with van der Waals surface area (Å²) in [5.41, 5.74) is 7.97. The van der Waals surface area contributed by atoms with Gasteiger partial charge < -0.3 is 25.8 Å². The van der Waals surface area contributed by atoms with Gasteiger partial charge in [0.1, 0.15) is 11.3 Å². The number of nitrogens with one attached hydrogen (secondary N) is 3. The Hall–Kier alpha value is -4.27. The van der Waals surface area contributed by atoms with Gasteiger partial charge in [0.2, 0.25) is 0 Å². The van der Waals surface area contributed by atoms with Crippen molar-refractivity contribution in [2.24, 2.45) is 5.73 Å². The molecule has 238 valence electrons. The van der Waals surface area contributed by atoms with Crippen LogP contribution in [0.5, 0.6) is 0 Å². The molecule has 2 aromatic heterocycles. The Morgan fingerprint density at radius 1 is 1.09 bits per heavy atom. The van der Waals surface area contributed by atoms with Crippen molar-refractivity contribution in [3.05, 3.63) is 46.3 Å². The molecule has 3 aliphatic rings. The van der Waals surface area contributed by atoms with Crippen molar-refractivity contribution in [3.63, 3.8) is 0 Å². The monoisotopic (exact) mass is 635 g/mol. The number of primary amides is 1. The lowest BCUT2D eigenvalue weighted by atomic mass is 9.91. The Balaban J connectivity index is 1.17. The SMILES string of the molecule is CC(C)(C)OC(=O)NC1CCCC(NC(=O)c2ccc(-c3[nH]nc4c3C(=O)c3c-4cccc3N(C(N)=O)N3CCOCC3)s2)C1. The zero-order chi connectivity index (χ0) is 31.9. The zero-order valence-electron chi connectivity index (χ0n) is 25.5. The minimum Gasteiger partial charge on any atom is -0.444 e. The number of aromatic nitrogens is 2. The van der Waals surface area contributed by atoms with E-state index in [1.165, 1.54) is 16.3 Å². The van der Waals surface area contributed by atoms with E-state index < -0.39 is 17.7 Å². The molecular weight excluding hydrogens is 598 g/mol. The summed E-state index contributed by atoms with van der Waals surface area (Å²) >= 11 is 1.26. The van der Waals surface area contributed by atoms with E-state index in [2.05, 4.69) is 20.8 Å². The number of urea groups is 1. The van der Waals surface area contributed by atoms with Crippen molar-refractivity contribution in [1.82, 2.24) is 25.8 Å². The molecule has 2 atom stereocenters. The Labute approximate surface area is 264 Å². The molecule has 1 saturated carbocycles. The maximum absolute atomic E-state index is 14.0. The summed E-state index contributed by atoms with van der Waals surface area (Å²) < 4.78 is 10.8. The van der Waals surface area contributed by atoms with Crippen molar-refractivity contribution < 1.29 is 28.7 Å². The van der Waals surface area contributed by atoms with Crippen LogP contribution in [0.2, 0.25) is 0 Å². The van der Waals surface area contributed by atoms with Crippen molar-refractivity contribution in [2.75, 3.05) is 31.3 Å². The van der Waals surface area contributed by atoms with Gasteiger partial charge in [0, 0.05) is 30.7 Å². The van der Waals surface area contributed by atoms with Crippen LogP contribution in [-0.2, 0) is 9.47 Å². The Morgan fingerprint density at radius 3 is 2.53 bits per heavy atom. The van der Waals surface area contributed by atoms with Gasteiger partial charge in [-0.05, 0) is 64.7 Å². The Bertz CT molecular complexity index is 1640. The molecule has 3 heterocycles. The number of ketones is 1. The van der Waals surface area contributed by atoms with Gasteiger partial charge in [0.25, 0.3) is 5.91 Å². The molecule has 0 radical (unpaired) electrons. The standard InChI is InChI=1S/C31H37N7O6S/c1-31(2,3)44-30(42)34-18-7-4-6-17(16-18)33-28(40)22-11-10-21(45-22)26-24-25(35-36-26)19-8-5-9-20(23(19)27(24)39)38(29(32)41)37-12-14-43-15-13-37/h5,8-11,17-18H,4,6-7,12-16H2,1-3H3,(H2,32,41)(H,33,40)(H,34,42)(H,35,36). The molecular formula is C31H37N7O6S. The lowest BCUT2D eigenvalue weighted by Gasteiger charge is -2.36. The van der Waals surface area contributed by atoms with Gasteiger partial charge in [-0.1, -0.05) is 12.1 Å². The van der Waals surface area contributed by atoms with Crippen molar-refractivity contribution in [2.45, 2.75) is 64.1 Å². The highest BCUT2D eigenvalue weighted by Crippen LogP contribution is 2.45. The molecule has 5 N–H and O–H groups in total. The van der Waals surface area contributed by atoms with Gasteiger partial charge in [-0.3, -0.25) is 14.7 Å². The molecule has 2 unspecified atom stereocenters. The van der Waals surface area contributed by atoms with E-state index in [0.29, 0.717) is 76.2 Å². The summed E-state index contributed by atoms with van der Waals surface area (Å²) in [6, 6.07) is 7.93. The third kappa shape index (κ3) is 6.30. The second-order valence-corrected chi connectivity index (χ2v) is 13.5. The fraction of sp³-hybridized carbons (Fsp3) is 0.452. The first kappa shape index (κ1) is 30.7. The number of aromatic amines is 1. The van der Waals surface area contributed by atoms with Crippen molar-refractivity contribution in [3.8, 4) is 21.8 Å². The summed E-state index contributed by atoms with van der Waals surface area (Å²) in [6.07, 6.45) is 2.65. The minimum atomic E-state index is -0.691. The first-order valence-corrected chi connectivity index (χ1v) is 15.9. The highest BCUT2D eigenvalue weighted by molar-refractivity contribution is 7.17.